The van der Waals surface area contributed by atoms with E-state index in [0.29, 0.717) is 25.9 Å². The van der Waals surface area contributed by atoms with E-state index in [0.717, 1.165) is 32.6 Å². The molecule has 1 atom stereocenters. The summed E-state index contributed by atoms with van der Waals surface area (Å²) < 4.78 is 27.3. The first-order valence-electron chi connectivity index (χ1n) is 10.5. The van der Waals surface area contributed by atoms with Crippen LogP contribution in [0.5, 0.6) is 0 Å². The molecule has 3 aliphatic rings. The van der Waals surface area contributed by atoms with Crippen LogP contribution in [0.4, 0.5) is 13.6 Å². The van der Waals surface area contributed by atoms with E-state index in [4.69, 9.17) is 0 Å². The molecule has 0 bridgehead atoms. The van der Waals surface area contributed by atoms with Crippen molar-refractivity contribution in [1.82, 2.24) is 10.2 Å². The van der Waals surface area contributed by atoms with Crippen LogP contribution in [-0.2, 0) is 4.79 Å². The largest absolute Gasteiger partial charge is 0.328 e. The predicted octanol–water partition coefficient (Wildman–Crippen LogP) is 4.42. The highest BCUT2D eigenvalue weighted by Crippen LogP contribution is 2.48. The minimum absolute atomic E-state index is 0.0610. The summed E-state index contributed by atoms with van der Waals surface area (Å²) in [5.41, 5.74) is -0.554. The summed E-state index contributed by atoms with van der Waals surface area (Å²) in [6.45, 7) is 2.00. The molecule has 0 aromatic rings. The molecule has 1 N–H and O–H groups in total. The Morgan fingerprint density at radius 1 is 1.14 bits per heavy atom. The number of hydrogen-bond acceptors (Lipinski definition) is 3. The summed E-state index contributed by atoms with van der Waals surface area (Å²) in [7, 11) is 0. The summed E-state index contributed by atoms with van der Waals surface area (Å²) in [4.78, 5) is 27.2. The number of hydrogen-bond donors (Lipinski definition) is 1. The molecule has 5 nitrogen and oxygen atoms in total. The first-order valence-corrected chi connectivity index (χ1v) is 10.5. The number of amides is 2. The van der Waals surface area contributed by atoms with Crippen LogP contribution in [0.15, 0.2) is 0 Å². The number of nitrogens with one attached hydrogen (secondary N) is 1. The lowest BCUT2D eigenvalue weighted by atomic mass is 9.69. The van der Waals surface area contributed by atoms with Crippen molar-refractivity contribution in [3.05, 3.63) is 0 Å². The third-order valence-corrected chi connectivity index (χ3v) is 6.72. The Hall–Kier alpha value is -1.71. The highest BCUT2D eigenvalue weighted by Gasteiger charge is 2.47. The average Bonchev–Trinajstić information content (AvgIpc) is 3.40. The van der Waals surface area contributed by atoms with Crippen molar-refractivity contribution < 1.29 is 18.4 Å². The van der Waals surface area contributed by atoms with Gasteiger partial charge in [-0.3, -0.25) is 4.79 Å². The second-order valence-electron chi connectivity index (χ2n) is 9.40. The lowest BCUT2D eigenvalue weighted by molar-refractivity contribution is -0.124. The van der Waals surface area contributed by atoms with Gasteiger partial charge in [0.05, 0.1) is 17.5 Å². The lowest BCUT2D eigenvalue weighted by Gasteiger charge is -2.45. The summed E-state index contributed by atoms with van der Waals surface area (Å²) in [5, 5.41) is 11.8. The van der Waals surface area contributed by atoms with Crippen LogP contribution < -0.4 is 5.32 Å². The van der Waals surface area contributed by atoms with E-state index in [1.54, 1.807) is 4.90 Å². The van der Waals surface area contributed by atoms with E-state index < -0.39 is 35.6 Å². The SMILES string of the molecule is CC(F)(F)C[C@H](NC(=O)N1CCCC2(CCCCC2)C1)C(=O)CC1(C#N)CC1. The van der Waals surface area contributed by atoms with Crippen LogP contribution in [0.2, 0.25) is 0 Å². The van der Waals surface area contributed by atoms with E-state index in [2.05, 4.69) is 11.4 Å². The molecule has 2 saturated carbocycles. The Bertz CT molecular complexity index is 638. The van der Waals surface area contributed by atoms with Gasteiger partial charge in [0, 0.05) is 25.9 Å². The van der Waals surface area contributed by atoms with Gasteiger partial charge in [-0.1, -0.05) is 19.3 Å². The van der Waals surface area contributed by atoms with Crippen LogP contribution in [0.25, 0.3) is 0 Å². The van der Waals surface area contributed by atoms with E-state index >= 15 is 0 Å². The minimum Gasteiger partial charge on any atom is -0.328 e. The number of Topliss-reactive ketones (excluding diaryl/α,β-unsaturated/α-hetero) is 1. The number of nitrogens with zero attached hydrogens (tertiary/aromatic N) is 2. The number of likely N-dealkylation sites (tertiary alicyclic amines) is 1. The van der Waals surface area contributed by atoms with Crippen molar-refractivity contribution in [3.63, 3.8) is 0 Å². The van der Waals surface area contributed by atoms with Crippen LogP contribution in [-0.4, -0.2) is 41.8 Å². The molecule has 28 heavy (non-hydrogen) atoms. The monoisotopic (exact) mass is 395 g/mol. The number of piperidine rings is 1. The first-order chi connectivity index (χ1) is 13.2. The highest BCUT2D eigenvalue weighted by atomic mass is 19.3. The molecule has 0 aromatic carbocycles. The van der Waals surface area contributed by atoms with Crippen molar-refractivity contribution in [2.75, 3.05) is 13.1 Å². The lowest BCUT2D eigenvalue weighted by Crippen LogP contribution is -2.54. The van der Waals surface area contributed by atoms with Gasteiger partial charge in [0.1, 0.15) is 0 Å². The molecule has 0 radical (unpaired) electrons. The van der Waals surface area contributed by atoms with Crippen LogP contribution in [0, 0.1) is 22.2 Å². The zero-order valence-corrected chi connectivity index (χ0v) is 16.7. The summed E-state index contributed by atoms with van der Waals surface area (Å²) in [6.07, 6.45) is 8.27. The highest BCUT2D eigenvalue weighted by molar-refractivity contribution is 5.89. The number of carbonyl (C=O) groups is 2. The molecular weight excluding hydrogens is 364 g/mol. The Morgan fingerprint density at radius 2 is 1.79 bits per heavy atom. The maximum atomic E-state index is 13.7. The molecule has 156 valence electrons. The fourth-order valence-electron chi connectivity index (χ4n) is 4.87. The average molecular weight is 395 g/mol. The zero-order chi connectivity index (χ0) is 20.4. The predicted molar refractivity (Wildman–Crippen MR) is 101 cm³/mol. The second-order valence-corrected chi connectivity index (χ2v) is 9.40. The van der Waals surface area contributed by atoms with Crippen molar-refractivity contribution >= 4 is 11.8 Å². The van der Waals surface area contributed by atoms with Gasteiger partial charge < -0.3 is 10.2 Å². The molecular formula is C21H31F2N3O2. The molecule has 7 heteroatoms. The van der Waals surface area contributed by atoms with Gasteiger partial charge in [-0.15, -0.1) is 0 Å². The summed E-state index contributed by atoms with van der Waals surface area (Å²) in [6, 6.07) is 0.455. The van der Waals surface area contributed by atoms with Crippen LogP contribution in [0.1, 0.15) is 77.6 Å². The Kier molecular flexibility index (Phi) is 5.97. The molecule has 1 aliphatic heterocycles. The summed E-state index contributed by atoms with van der Waals surface area (Å²) in [5.74, 6) is -3.53. The van der Waals surface area contributed by atoms with Gasteiger partial charge in [0.2, 0.25) is 5.92 Å². The number of urea groups is 1. The van der Waals surface area contributed by atoms with Gasteiger partial charge in [0.15, 0.2) is 5.78 Å². The maximum Gasteiger partial charge on any atom is 0.318 e. The Labute approximate surface area is 165 Å². The van der Waals surface area contributed by atoms with E-state index in [1.165, 1.54) is 19.3 Å². The molecule has 1 saturated heterocycles. The Balaban J connectivity index is 1.64. The second kappa shape index (κ2) is 7.96. The van der Waals surface area contributed by atoms with Gasteiger partial charge >= 0.3 is 6.03 Å². The molecule has 0 unspecified atom stereocenters. The smallest absolute Gasteiger partial charge is 0.318 e. The van der Waals surface area contributed by atoms with Gasteiger partial charge in [-0.2, -0.15) is 5.26 Å². The normalized spacial score (nSPS) is 24.3. The number of rotatable bonds is 6. The maximum absolute atomic E-state index is 13.7. The van der Waals surface area contributed by atoms with Crippen molar-refractivity contribution in [2.24, 2.45) is 10.8 Å². The number of carbonyl (C=O) groups excluding carboxylic acids is 2. The molecule has 3 fully saturated rings. The van der Waals surface area contributed by atoms with E-state index in [1.807, 2.05) is 0 Å². The van der Waals surface area contributed by atoms with Crippen LogP contribution >= 0.6 is 0 Å². The molecule has 3 rings (SSSR count). The molecule has 2 amide bonds. The first kappa shape index (κ1) is 21.0. The number of ketones is 1. The summed E-state index contributed by atoms with van der Waals surface area (Å²) >= 11 is 0. The minimum atomic E-state index is -3.07. The number of alkyl halides is 2. The van der Waals surface area contributed by atoms with Gasteiger partial charge in [-0.25, -0.2) is 13.6 Å². The third kappa shape index (κ3) is 5.21. The third-order valence-electron chi connectivity index (χ3n) is 6.72. The Morgan fingerprint density at radius 3 is 2.36 bits per heavy atom. The van der Waals surface area contributed by atoms with Gasteiger partial charge in [-0.05, 0) is 50.9 Å². The zero-order valence-electron chi connectivity index (χ0n) is 16.7. The topological polar surface area (TPSA) is 73.2 Å². The van der Waals surface area contributed by atoms with Gasteiger partial charge in [0.25, 0.3) is 0 Å². The van der Waals surface area contributed by atoms with E-state index in [-0.39, 0.29) is 11.8 Å². The standard InChI is InChI=1S/C21H31F2N3O2/c1-19(22,23)12-16(17(27)13-21(14-24)9-10-21)25-18(28)26-11-5-8-20(15-26)6-3-2-4-7-20/h16H,2-13,15H2,1H3,(H,25,28)/t16-/m0/s1. The van der Waals surface area contributed by atoms with Crippen molar-refractivity contribution in [2.45, 2.75) is 89.5 Å². The fraction of sp³-hybridized carbons (Fsp3) is 0.857. The molecule has 1 heterocycles. The number of halogens is 2. The molecule has 2 aliphatic carbocycles. The molecule has 1 spiro atoms. The van der Waals surface area contributed by atoms with E-state index in [9.17, 15) is 23.6 Å². The number of nitriles is 1. The fourth-order valence-corrected chi connectivity index (χ4v) is 4.87. The van der Waals surface area contributed by atoms with Crippen molar-refractivity contribution in [1.29, 1.82) is 5.26 Å². The quantitative estimate of drug-likeness (QED) is 0.723. The van der Waals surface area contributed by atoms with Crippen molar-refractivity contribution in [3.8, 4) is 6.07 Å². The molecule has 0 aromatic heterocycles. The van der Waals surface area contributed by atoms with Crippen LogP contribution in [0.3, 0.4) is 0 Å².